The van der Waals surface area contributed by atoms with Crippen molar-refractivity contribution < 1.29 is 14.6 Å². The maximum absolute atomic E-state index is 10.3. The average Bonchev–Trinajstić information content (AvgIpc) is 2.03. The molecular weight excluding hydrogens is 238 g/mol. The zero-order valence-corrected chi connectivity index (χ0v) is 8.46. The molecule has 0 aromatic heterocycles. The van der Waals surface area contributed by atoms with Crippen molar-refractivity contribution in [1.82, 2.24) is 0 Å². The Labute approximate surface area is 83.6 Å². The minimum absolute atomic E-state index is 0.500. The Kier molecular flexibility index (Phi) is 3.13. The third kappa shape index (κ3) is 2.62. The van der Waals surface area contributed by atoms with E-state index in [1.165, 1.54) is 0 Å². The first-order valence-corrected chi connectivity index (χ1v) is 4.26. The summed E-state index contributed by atoms with van der Waals surface area (Å²) in [4.78, 5) is 10.3. The van der Waals surface area contributed by atoms with Crippen LogP contribution in [0.5, 0.6) is 5.75 Å². The lowest BCUT2D eigenvalue weighted by Crippen LogP contribution is -2.06. The molecule has 1 amide bonds. The molecule has 70 valence electrons. The van der Waals surface area contributed by atoms with Crippen LogP contribution in [0.3, 0.4) is 0 Å². The summed E-state index contributed by atoms with van der Waals surface area (Å²) in [5.74, 6) is 0.663. The van der Waals surface area contributed by atoms with E-state index in [0.29, 0.717) is 15.9 Å². The minimum Gasteiger partial charge on any atom is -0.496 e. The molecule has 0 aliphatic heterocycles. The fraction of sp³-hybridized carbons (Fsp3) is 0.125. The monoisotopic (exact) mass is 245 g/mol. The van der Waals surface area contributed by atoms with Crippen LogP contribution < -0.4 is 10.1 Å². The highest BCUT2D eigenvalue weighted by Crippen LogP contribution is 2.27. The molecule has 5 heteroatoms. The van der Waals surface area contributed by atoms with Gasteiger partial charge >= 0.3 is 6.09 Å². The largest absolute Gasteiger partial charge is 0.496 e. The molecular formula is C8H8BrNO3. The Morgan fingerprint density at radius 2 is 2.31 bits per heavy atom. The number of rotatable bonds is 2. The molecule has 2 N–H and O–H groups in total. The molecule has 0 unspecified atom stereocenters. The molecule has 0 aliphatic carbocycles. The molecule has 0 heterocycles. The number of anilines is 1. The van der Waals surface area contributed by atoms with Crippen LogP contribution in [0.1, 0.15) is 0 Å². The second kappa shape index (κ2) is 4.13. The van der Waals surface area contributed by atoms with Crippen LogP contribution in [0.15, 0.2) is 22.7 Å². The van der Waals surface area contributed by atoms with Gasteiger partial charge in [-0.05, 0) is 34.1 Å². The summed E-state index contributed by atoms with van der Waals surface area (Å²) < 4.78 is 5.69. The van der Waals surface area contributed by atoms with Crippen LogP contribution in [-0.2, 0) is 0 Å². The number of carboxylic acid groups (broad SMARTS) is 1. The highest BCUT2D eigenvalue weighted by molar-refractivity contribution is 9.10. The summed E-state index contributed by atoms with van der Waals surface area (Å²) >= 11 is 3.24. The normalized spacial score (nSPS) is 9.38. The number of hydrogen-bond acceptors (Lipinski definition) is 2. The Morgan fingerprint density at radius 3 is 2.77 bits per heavy atom. The first kappa shape index (κ1) is 9.85. The van der Waals surface area contributed by atoms with E-state index < -0.39 is 6.09 Å². The Hall–Kier alpha value is -1.23. The number of ether oxygens (including phenoxy) is 1. The van der Waals surface area contributed by atoms with Gasteiger partial charge in [0, 0.05) is 5.69 Å². The van der Waals surface area contributed by atoms with Crippen LogP contribution in [0.25, 0.3) is 0 Å². The lowest BCUT2D eigenvalue weighted by molar-refractivity contribution is 0.209. The summed E-state index contributed by atoms with van der Waals surface area (Å²) in [6.07, 6.45) is -1.09. The van der Waals surface area contributed by atoms with Crippen molar-refractivity contribution in [2.45, 2.75) is 0 Å². The molecule has 1 aromatic rings. The summed E-state index contributed by atoms with van der Waals surface area (Å²) in [5.41, 5.74) is 0.500. The maximum atomic E-state index is 10.3. The van der Waals surface area contributed by atoms with Gasteiger partial charge in [-0.1, -0.05) is 0 Å². The molecule has 1 aromatic carbocycles. The standard InChI is InChI=1S/C8H8BrNO3/c1-13-7-3-2-5(4-6(7)9)10-8(11)12/h2-4,10H,1H3,(H,11,12). The first-order chi connectivity index (χ1) is 6.13. The van der Waals surface area contributed by atoms with Gasteiger partial charge in [0.25, 0.3) is 0 Å². The van der Waals surface area contributed by atoms with Crippen molar-refractivity contribution >= 4 is 27.7 Å². The van der Waals surface area contributed by atoms with Crippen LogP contribution >= 0.6 is 15.9 Å². The minimum atomic E-state index is -1.09. The first-order valence-electron chi connectivity index (χ1n) is 3.47. The predicted octanol–water partition coefficient (Wildman–Crippen LogP) is 2.55. The predicted molar refractivity (Wildman–Crippen MR) is 52.3 cm³/mol. The van der Waals surface area contributed by atoms with E-state index in [0.717, 1.165) is 0 Å². The van der Waals surface area contributed by atoms with Crippen molar-refractivity contribution in [3.8, 4) is 5.75 Å². The van der Waals surface area contributed by atoms with Gasteiger partial charge in [-0.25, -0.2) is 4.79 Å². The summed E-state index contributed by atoms with van der Waals surface area (Å²) in [6, 6.07) is 4.93. The van der Waals surface area contributed by atoms with Crippen molar-refractivity contribution in [2.24, 2.45) is 0 Å². The van der Waals surface area contributed by atoms with Gasteiger partial charge in [-0.3, -0.25) is 5.32 Å². The van der Waals surface area contributed by atoms with Gasteiger partial charge in [0.15, 0.2) is 0 Å². The topological polar surface area (TPSA) is 58.6 Å². The second-order valence-electron chi connectivity index (χ2n) is 2.28. The van der Waals surface area contributed by atoms with E-state index >= 15 is 0 Å². The number of nitrogens with one attached hydrogen (secondary N) is 1. The van der Waals surface area contributed by atoms with Gasteiger partial charge < -0.3 is 9.84 Å². The smallest absolute Gasteiger partial charge is 0.409 e. The molecule has 4 nitrogen and oxygen atoms in total. The SMILES string of the molecule is COc1ccc(NC(=O)O)cc1Br. The zero-order valence-electron chi connectivity index (χ0n) is 6.87. The van der Waals surface area contributed by atoms with E-state index in [9.17, 15) is 4.79 Å². The third-order valence-electron chi connectivity index (χ3n) is 1.40. The lowest BCUT2D eigenvalue weighted by Gasteiger charge is -2.05. The highest BCUT2D eigenvalue weighted by Gasteiger charge is 2.02. The van der Waals surface area contributed by atoms with Gasteiger partial charge in [-0.2, -0.15) is 0 Å². The van der Waals surface area contributed by atoms with E-state index in [2.05, 4.69) is 21.2 Å². The van der Waals surface area contributed by atoms with Crippen LogP contribution in [0, 0.1) is 0 Å². The van der Waals surface area contributed by atoms with Crippen LogP contribution in [0.4, 0.5) is 10.5 Å². The summed E-state index contributed by atoms with van der Waals surface area (Å²) in [5, 5.41) is 10.7. The molecule has 0 radical (unpaired) electrons. The van der Waals surface area contributed by atoms with Crippen molar-refractivity contribution in [1.29, 1.82) is 0 Å². The van der Waals surface area contributed by atoms with E-state index in [1.807, 2.05) is 0 Å². The van der Waals surface area contributed by atoms with E-state index in [1.54, 1.807) is 25.3 Å². The van der Waals surface area contributed by atoms with Gasteiger partial charge in [0.2, 0.25) is 0 Å². The van der Waals surface area contributed by atoms with Crippen LogP contribution in [0.2, 0.25) is 0 Å². The summed E-state index contributed by atoms with van der Waals surface area (Å²) in [7, 11) is 1.55. The van der Waals surface area contributed by atoms with E-state index in [4.69, 9.17) is 9.84 Å². The second-order valence-corrected chi connectivity index (χ2v) is 3.13. The molecule has 1 rings (SSSR count). The highest BCUT2D eigenvalue weighted by atomic mass is 79.9. The molecule has 0 aliphatic rings. The van der Waals surface area contributed by atoms with Gasteiger partial charge in [-0.15, -0.1) is 0 Å². The van der Waals surface area contributed by atoms with Crippen molar-refractivity contribution in [2.75, 3.05) is 12.4 Å². The zero-order chi connectivity index (χ0) is 9.84. The number of carbonyl (C=O) groups is 1. The number of halogens is 1. The molecule has 0 atom stereocenters. The Morgan fingerprint density at radius 1 is 1.62 bits per heavy atom. The van der Waals surface area contributed by atoms with Gasteiger partial charge in [0.05, 0.1) is 11.6 Å². The van der Waals surface area contributed by atoms with Crippen molar-refractivity contribution in [3.63, 3.8) is 0 Å². The fourth-order valence-electron chi connectivity index (χ4n) is 0.868. The molecule has 13 heavy (non-hydrogen) atoms. The lowest BCUT2D eigenvalue weighted by atomic mass is 10.3. The van der Waals surface area contributed by atoms with E-state index in [-0.39, 0.29) is 0 Å². The number of benzene rings is 1. The van der Waals surface area contributed by atoms with Gasteiger partial charge in [0.1, 0.15) is 5.75 Å². The summed E-state index contributed by atoms with van der Waals surface area (Å²) in [6.45, 7) is 0. The quantitative estimate of drug-likeness (QED) is 0.842. The van der Waals surface area contributed by atoms with Crippen LogP contribution in [-0.4, -0.2) is 18.3 Å². The molecule has 0 bridgehead atoms. The van der Waals surface area contributed by atoms with Crippen molar-refractivity contribution in [3.05, 3.63) is 22.7 Å². The fourth-order valence-corrected chi connectivity index (χ4v) is 1.41. The number of amides is 1. The Balaban J connectivity index is 2.89. The third-order valence-corrected chi connectivity index (χ3v) is 2.02. The number of hydrogen-bond donors (Lipinski definition) is 2. The average molecular weight is 246 g/mol. The molecule has 0 saturated heterocycles. The number of methoxy groups -OCH3 is 1. The maximum Gasteiger partial charge on any atom is 0.409 e. The molecule has 0 spiro atoms. The molecule has 0 saturated carbocycles. The Bertz CT molecular complexity index is 327. The molecule has 0 fully saturated rings.